The second kappa shape index (κ2) is 6.16. The molecule has 0 spiro atoms. The summed E-state index contributed by atoms with van der Waals surface area (Å²) in [4.78, 5) is 0. The van der Waals surface area contributed by atoms with Crippen molar-refractivity contribution in [2.24, 2.45) is 0 Å². The van der Waals surface area contributed by atoms with Crippen LogP contribution in [0.1, 0.15) is 0 Å². The van der Waals surface area contributed by atoms with Crippen molar-refractivity contribution in [1.29, 1.82) is 0 Å². The molecule has 0 aliphatic rings. The van der Waals surface area contributed by atoms with Gasteiger partial charge in [0.05, 0.1) is 3.81 Å². The van der Waals surface area contributed by atoms with Crippen LogP contribution >= 0.6 is 31.9 Å². The third-order valence-corrected chi connectivity index (χ3v) is 2.96. The van der Waals surface area contributed by atoms with E-state index in [0.717, 1.165) is 0 Å². The zero-order chi connectivity index (χ0) is 7.49. The Labute approximate surface area is 98.6 Å². The summed E-state index contributed by atoms with van der Waals surface area (Å²) in [6.07, 6.45) is 1.22. The molecule has 7 heteroatoms. The molecule has 10 heavy (non-hydrogen) atoms. The summed E-state index contributed by atoms with van der Waals surface area (Å²) in [6.45, 7) is 0. The van der Waals surface area contributed by atoms with Crippen molar-refractivity contribution in [1.82, 2.24) is 0 Å². The zero-order valence-electron chi connectivity index (χ0n) is 5.17. The first kappa shape index (κ1) is 14.2. The van der Waals surface area contributed by atoms with E-state index in [-0.39, 0.29) is 33.4 Å². The van der Waals surface area contributed by atoms with E-state index in [9.17, 15) is 13.0 Å². The maximum Gasteiger partial charge on any atom is 1.00 e. The van der Waals surface area contributed by atoms with Gasteiger partial charge in [-0.1, -0.05) is 15.9 Å². The van der Waals surface area contributed by atoms with Crippen molar-refractivity contribution < 1.29 is 42.5 Å². The Bertz CT molecular complexity index is 210. The third-order valence-electron chi connectivity index (χ3n) is 0.476. The Balaban J connectivity index is 0. The first-order chi connectivity index (χ1) is 3.98. The van der Waals surface area contributed by atoms with Crippen LogP contribution in [0.25, 0.3) is 0 Å². The number of alkyl halides is 1. The second-order valence-electron chi connectivity index (χ2n) is 1.12. The van der Waals surface area contributed by atoms with Crippen LogP contribution in [0.3, 0.4) is 0 Å². The molecule has 0 aliphatic carbocycles. The van der Waals surface area contributed by atoms with Crippen molar-refractivity contribution in [3.63, 3.8) is 0 Å². The number of halogens is 2. The maximum absolute atomic E-state index is 10.0. The minimum absolute atomic E-state index is 0. The van der Waals surface area contributed by atoms with Gasteiger partial charge in [-0.05, 0) is 22.0 Å². The van der Waals surface area contributed by atoms with Gasteiger partial charge in [-0.25, -0.2) is 8.42 Å². The van der Waals surface area contributed by atoms with Crippen LogP contribution in [-0.2, 0) is 10.1 Å². The van der Waals surface area contributed by atoms with Gasteiger partial charge in [0.1, 0.15) is 10.1 Å². The quantitative estimate of drug-likeness (QED) is 0.342. The van der Waals surface area contributed by atoms with Crippen molar-refractivity contribution >= 4 is 42.0 Å². The van der Waals surface area contributed by atoms with E-state index >= 15 is 0 Å². The molecule has 0 heterocycles. The zero-order valence-corrected chi connectivity index (χ0v) is 11.2. The average Bonchev–Trinajstić information content (AvgIpc) is 1.64. The first-order valence-electron chi connectivity index (χ1n) is 1.86. The Morgan fingerprint density at radius 2 is 2.00 bits per heavy atom. The topological polar surface area (TPSA) is 57.2 Å². The van der Waals surface area contributed by atoms with E-state index in [1.54, 1.807) is 0 Å². The van der Waals surface area contributed by atoms with Gasteiger partial charge < -0.3 is 4.55 Å². The van der Waals surface area contributed by atoms with Crippen molar-refractivity contribution in [3.8, 4) is 0 Å². The van der Waals surface area contributed by atoms with Gasteiger partial charge in [0.2, 0.25) is 0 Å². The van der Waals surface area contributed by atoms with Gasteiger partial charge in [0.25, 0.3) is 0 Å². The third kappa shape index (κ3) is 6.33. The minimum Gasteiger partial charge on any atom is -0.744 e. The molecule has 3 nitrogen and oxygen atoms in total. The fourth-order valence-electron chi connectivity index (χ4n) is 0.163. The van der Waals surface area contributed by atoms with Crippen LogP contribution < -0.4 is 29.6 Å². The van der Waals surface area contributed by atoms with Crippen LogP contribution in [-0.4, -0.2) is 18.3 Å². The van der Waals surface area contributed by atoms with E-state index < -0.39 is 10.1 Å². The first-order valence-corrected chi connectivity index (χ1v) is 5.18. The molecule has 0 radical (unpaired) electrons. The fourth-order valence-corrected chi connectivity index (χ4v) is 1.58. The summed E-state index contributed by atoms with van der Waals surface area (Å²) in [5.74, 6) is 0. The van der Waals surface area contributed by atoms with E-state index in [0.29, 0.717) is 5.33 Å². The molecule has 0 saturated carbocycles. The number of hydrogen-bond donors (Lipinski definition) is 0. The van der Waals surface area contributed by atoms with Crippen LogP contribution in [0, 0.1) is 0 Å². The normalized spacial score (nSPS) is 12.5. The molecule has 0 fully saturated rings. The Hall–Kier alpha value is 1.61. The van der Waals surface area contributed by atoms with Crippen LogP contribution in [0.5, 0.6) is 0 Å². The SMILES string of the molecule is O=S(=O)([O-])C(Br)=CCBr.[Na+]. The monoisotopic (exact) mass is 300 g/mol. The number of allylic oxidation sites excluding steroid dienone is 1. The molecule has 0 aromatic carbocycles. The maximum atomic E-state index is 10.0. The molecule has 0 aromatic heterocycles. The fraction of sp³-hybridized carbons (Fsp3) is 0.333. The van der Waals surface area contributed by atoms with Gasteiger partial charge in [-0.15, -0.1) is 0 Å². The molecular formula is C3H3Br2NaO3S. The molecule has 0 rings (SSSR count). The predicted octanol–water partition coefficient (Wildman–Crippen LogP) is -1.83. The van der Waals surface area contributed by atoms with E-state index in [4.69, 9.17) is 0 Å². The molecule has 54 valence electrons. The van der Waals surface area contributed by atoms with Gasteiger partial charge >= 0.3 is 29.6 Å². The standard InChI is InChI=1S/C3H4Br2O3S.Na/c4-2-1-3(5)9(6,7)8;/h1H,2H2,(H,6,7,8);/q;+1/p-1. The van der Waals surface area contributed by atoms with Gasteiger partial charge in [-0.2, -0.15) is 0 Å². The average molecular weight is 302 g/mol. The molecule has 0 N–H and O–H groups in total. The summed E-state index contributed by atoms with van der Waals surface area (Å²) in [5.41, 5.74) is 0. The molecule has 0 saturated heterocycles. The van der Waals surface area contributed by atoms with Crippen molar-refractivity contribution in [2.45, 2.75) is 0 Å². The number of rotatable bonds is 2. The van der Waals surface area contributed by atoms with Gasteiger partial charge in [0, 0.05) is 5.33 Å². The summed E-state index contributed by atoms with van der Waals surface area (Å²) in [7, 11) is -4.27. The molecule has 0 aliphatic heterocycles. The summed E-state index contributed by atoms with van der Waals surface area (Å²) in [6, 6.07) is 0. The van der Waals surface area contributed by atoms with E-state index in [2.05, 4.69) is 31.9 Å². The Morgan fingerprint density at radius 3 is 2.10 bits per heavy atom. The Kier molecular flexibility index (Phi) is 8.72. The van der Waals surface area contributed by atoms with Crippen LogP contribution in [0.4, 0.5) is 0 Å². The summed E-state index contributed by atoms with van der Waals surface area (Å²) >= 11 is 5.52. The van der Waals surface area contributed by atoms with Crippen molar-refractivity contribution in [3.05, 3.63) is 9.89 Å². The molecular weight excluding hydrogens is 299 g/mol. The molecule has 0 aromatic rings. The smallest absolute Gasteiger partial charge is 0.744 e. The van der Waals surface area contributed by atoms with Crippen molar-refractivity contribution in [2.75, 3.05) is 5.33 Å². The largest absolute Gasteiger partial charge is 1.00 e. The van der Waals surface area contributed by atoms with Crippen LogP contribution in [0.2, 0.25) is 0 Å². The second-order valence-corrected chi connectivity index (χ2v) is 4.49. The molecule has 0 atom stereocenters. The van der Waals surface area contributed by atoms with Gasteiger partial charge in [0.15, 0.2) is 0 Å². The minimum atomic E-state index is -4.27. The van der Waals surface area contributed by atoms with Gasteiger partial charge in [-0.3, -0.25) is 0 Å². The Morgan fingerprint density at radius 1 is 1.60 bits per heavy atom. The molecule has 0 bridgehead atoms. The predicted molar refractivity (Wildman–Crippen MR) is 40.5 cm³/mol. The van der Waals surface area contributed by atoms with Crippen LogP contribution in [0.15, 0.2) is 9.89 Å². The molecule has 0 amide bonds. The van der Waals surface area contributed by atoms with E-state index in [1.165, 1.54) is 6.08 Å². The number of hydrogen-bond acceptors (Lipinski definition) is 3. The summed E-state index contributed by atoms with van der Waals surface area (Å²) in [5, 5.41) is 0.342. The van der Waals surface area contributed by atoms with E-state index in [1.807, 2.05) is 0 Å². The summed E-state index contributed by atoms with van der Waals surface area (Å²) < 4.78 is 29.8. The molecule has 0 unspecified atom stereocenters.